The fourth-order valence-electron chi connectivity index (χ4n) is 1.58. The predicted octanol–water partition coefficient (Wildman–Crippen LogP) is 2.79. The van der Waals surface area contributed by atoms with Crippen molar-refractivity contribution in [2.75, 3.05) is 6.61 Å². The summed E-state index contributed by atoms with van der Waals surface area (Å²) in [6, 6.07) is 17.8. The Kier molecular flexibility index (Phi) is 4.29. The molecule has 0 aromatic heterocycles. The van der Waals surface area contributed by atoms with Gasteiger partial charge in [0.1, 0.15) is 0 Å². The number of benzene rings is 2. The van der Waals surface area contributed by atoms with E-state index in [2.05, 4.69) is 9.99 Å². The van der Waals surface area contributed by atoms with Crippen LogP contribution in [-0.2, 0) is 9.63 Å². The van der Waals surface area contributed by atoms with E-state index in [1.54, 1.807) is 0 Å². The number of nitrogens with zero attached hydrogens (tertiary/aromatic N) is 1. The van der Waals surface area contributed by atoms with Crippen LogP contribution in [0.4, 0.5) is 0 Å². The maximum atomic E-state index is 10.2. The molecular weight excluding hydrogens is 242 g/mol. The molecule has 0 bridgehead atoms. The van der Waals surface area contributed by atoms with Crippen LogP contribution in [0.15, 0.2) is 59.8 Å². The zero-order valence-electron chi connectivity index (χ0n) is 10.2. The molecule has 2 rings (SSSR count). The molecule has 0 atom stereocenters. The SMILES string of the molecule is O=C(O)CON=Cc1ccc(-c2ccccc2)cc1. The lowest BCUT2D eigenvalue weighted by molar-refractivity contribution is -0.142. The van der Waals surface area contributed by atoms with E-state index in [9.17, 15) is 4.79 Å². The average molecular weight is 255 g/mol. The van der Waals surface area contributed by atoms with Crippen molar-refractivity contribution in [1.29, 1.82) is 0 Å². The van der Waals surface area contributed by atoms with Gasteiger partial charge in [0.2, 0.25) is 6.61 Å². The quantitative estimate of drug-likeness (QED) is 0.660. The van der Waals surface area contributed by atoms with Crippen LogP contribution in [0.5, 0.6) is 0 Å². The van der Waals surface area contributed by atoms with Gasteiger partial charge in [0.05, 0.1) is 6.21 Å². The Morgan fingerprint density at radius 2 is 1.68 bits per heavy atom. The van der Waals surface area contributed by atoms with Gasteiger partial charge < -0.3 is 9.94 Å². The summed E-state index contributed by atoms with van der Waals surface area (Å²) in [6.07, 6.45) is 1.48. The van der Waals surface area contributed by atoms with E-state index < -0.39 is 12.6 Å². The van der Waals surface area contributed by atoms with E-state index >= 15 is 0 Å². The molecule has 0 fully saturated rings. The lowest BCUT2D eigenvalue weighted by Gasteiger charge is -2.01. The summed E-state index contributed by atoms with van der Waals surface area (Å²) in [5, 5.41) is 12.0. The van der Waals surface area contributed by atoms with E-state index in [0.29, 0.717) is 0 Å². The molecule has 1 N–H and O–H groups in total. The first kappa shape index (κ1) is 12.8. The normalized spacial score (nSPS) is 10.5. The molecule has 0 spiro atoms. The first-order valence-electron chi connectivity index (χ1n) is 5.78. The molecule has 0 amide bonds. The summed E-state index contributed by atoms with van der Waals surface area (Å²) >= 11 is 0. The van der Waals surface area contributed by atoms with Gasteiger partial charge in [0.25, 0.3) is 0 Å². The van der Waals surface area contributed by atoms with Gasteiger partial charge in [-0.2, -0.15) is 0 Å². The van der Waals surface area contributed by atoms with Gasteiger partial charge in [-0.25, -0.2) is 4.79 Å². The first-order valence-corrected chi connectivity index (χ1v) is 5.78. The summed E-state index contributed by atoms with van der Waals surface area (Å²) in [5.41, 5.74) is 3.11. The second kappa shape index (κ2) is 6.35. The monoisotopic (exact) mass is 255 g/mol. The average Bonchev–Trinajstić information content (AvgIpc) is 2.45. The maximum Gasteiger partial charge on any atom is 0.344 e. The summed E-state index contributed by atoms with van der Waals surface area (Å²) in [7, 11) is 0. The van der Waals surface area contributed by atoms with E-state index in [0.717, 1.165) is 16.7 Å². The third-order valence-electron chi connectivity index (χ3n) is 2.48. The largest absolute Gasteiger partial charge is 0.479 e. The van der Waals surface area contributed by atoms with Gasteiger partial charge in [0, 0.05) is 0 Å². The number of carbonyl (C=O) groups is 1. The summed E-state index contributed by atoms with van der Waals surface area (Å²) < 4.78 is 0. The van der Waals surface area contributed by atoms with Crippen LogP contribution in [0.25, 0.3) is 11.1 Å². The standard InChI is InChI=1S/C15H13NO3/c17-15(18)11-19-16-10-12-6-8-14(9-7-12)13-4-2-1-3-5-13/h1-10H,11H2,(H,17,18). The Morgan fingerprint density at radius 1 is 1.05 bits per heavy atom. The minimum atomic E-state index is -1.04. The molecular formula is C15H13NO3. The third-order valence-corrected chi connectivity index (χ3v) is 2.48. The maximum absolute atomic E-state index is 10.2. The molecule has 4 heteroatoms. The number of carboxylic acid groups (broad SMARTS) is 1. The van der Waals surface area contributed by atoms with E-state index in [-0.39, 0.29) is 0 Å². The van der Waals surface area contributed by atoms with Crippen LogP contribution in [0.1, 0.15) is 5.56 Å². The minimum Gasteiger partial charge on any atom is -0.479 e. The summed E-state index contributed by atoms with van der Waals surface area (Å²) in [5.74, 6) is -1.04. The molecule has 4 nitrogen and oxygen atoms in total. The van der Waals surface area contributed by atoms with Crippen molar-refractivity contribution in [3.05, 3.63) is 60.2 Å². The van der Waals surface area contributed by atoms with Gasteiger partial charge in [-0.15, -0.1) is 0 Å². The van der Waals surface area contributed by atoms with Gasteiger partial charge in [-0.05, 0) is 16.7 Å². The highest BCUT2D eigenvalue weighted by Gasteiger charge is 1.96. The number of rotatable bonds is 5. The van der Waals surface area contributed by atoms with E-state index in [1.165, 1.54) is 6.21 Å². The summed E-state index contributed by atoms with van der Waals surface area (Å²) in [4.78, 5) is 14.8. The van der Waals surface area contributed by atoms with Crippen LogP contribution in [0, 0.1) is 0 Å². The lowest BCUT2D eigenvalue weighted by atomic mass is 10.0. The predicted molar refractivity (Wildman–Crippen MR) is 73.1 cm³/mol. The Balaban J connectivity index is 2.01. The summed E-state index contributed by atoms with van der Waals surface area (Å²) in [6.45, 7) is -0.432. The van der Waals surface area contributed by atoms with Crippen molar-refractivity contribution in [1.82, 2.24) is 0 Å². The molecule has 19 heavy (non-hydrogen) atoms. The number of oxime groups is 1. The molecule has 0 aliphatic carbocycles. The van der Waals surface area contributed by atoms with Crippen LogP contribution < -0.4 is 0 Å². The molecule has 2 aromatic carbocycles. The highest BCUT2D eigenvalue weighted by Crippen LogP contribution is 2.18. The highest BCUT2D eigenvalue weighted by atomic mass is 16.6. The van der Waals surface area contributed by atoms with Crippen LogP contribution in [0.3, 0.4) is 0 Å². The highest BCUT2D eigenvalue weighted by molar-refractivity contribution is 5.80. The zero-order chi connectivity index (χ0) is 13.5. The van der Waals surface area contributed by atoms with Crippen LogP contribution in [-0.4, -0.2) is 23.9 Å². The van der Waals surface area contributed by atoms with E-state index in [1.807, 2.05) is 54.6 Å². The van der Waals surface area contributed by atoms with Gasteiger partial charge in [0.15, 0.2) is 0 Å². The fraction of sp³-hybridized carbons (Fsp3) is 0.0667. The van der Waals surface area contributed by atoms with Crippen molar-refractivity contribution >= 4 is 12.2 Å². The van der Waals surface area contributed by atoms with Crippen molar-refractivity contribution in [3.63, 3.8) is 0 Å². The number of hydrogen-bond donors (Lipinski definition) is 1. The number of hydrogen-bond acceptors (Lipinski definition) is 3. The van der Waals surface area contributed by atoms with Gasteiger partial charge in [-0.3, -0.25) is 0 Å². The Bertz CT molecular complexity index is 562. The van der Waals surface area contributed by atoms with Crippen LogP contribution in [0.2, 0.25) is 0 Å². The lowest BCUT2D eigenvalue weighted by Crippen LogP contribution is -2.03. The molecule has 0 heterocycles. The molecule has 0 radical (unpaired) electrons. The van der Waals surface area contributed by atoms with Gasteiger partial charge in [-0.1, -0.05) is 59.8 Å². The molecule has 0 aliphatic rings. The Morgan fingerprint density at radius 3 is 2.32 bits per heavy atom. The number of carboxylic acids is 1. The molecule has 0 saturated carbocycles. The Hall–Kier alpha value is -2.62. The molecule has 0 saturated heterocycles. The first-order chi connectivity index (χ1) is 9.25. The molecule has 0 aliphatic heterocycles. The molecule has 2 aromatic rings. The van der Waals surface area contributed by atoms with E-state index in [4.69, 9.17) is 5.11 Å². The van der Waals surface area contributed by atoms with Crippen molar-refractivity contribution in [2.24, 2.45) is 5.16 Å². The van der Waals surface area contributed by atoms with Gasteiger partial charge >= 0.3 is 5.97 Å². The zero-order valence-corrected chi connectivity index (χ0v) is 10.2. The Labute approximate surface area is 111 Å². The number of aliphatic carboxylic acids is 1. The van der Waals surface area contributed by atoms with Crippen molar-refractivity contribution in [3.8, 4) is 11.1 Å². The molecule has 0 unspecified atom stereocenters. The molecule has 96 valence electrons. The second-order valence-electron chi connectivity index (χ2n) is 3.89. The van der Waals surface area contributed by atoms with Crippen molar-refractivity contribution in [2.45, 2.75) is 0 Å². The smallest absolute Gasteiger partial charge is 0.344 e. The van der Waals surface area contributed by atoms with Crippen LogP contribution >= 0.6 is 0 Å². The third kappa shape index (κ3) is 3.96. The fourth-order valence-corrected chi connectivity index (χ4v) is 1.58. The minimum absolute atomic E-state index is 0.432. The topological polar surface area (TPSA) is 58.9 Å². The van der Waals surface area contributed by atoms with Crippen molar-refractivity contribution < 1.29 is 14.7 Å². The second-order valence-corrected chi connectivity index (χ2v) is 3.89.